The summed E-state index contributed by atoms with van der Waals surface area (Å²) >= 11 is 3.54. The number of hydrogen-bond acceptors (Lipinski definition) is 4. The summed E-state index contributed by atoms with van der Waals surface area (Å²) < 4.78 is 12.2. The van der Waals surface area contributed by atoms with Crippen molar-refractivity contribution in [2.24, 2.45) is 0 Å². The molecular formula is C16H17BrN2O2. The third kappa shape index (κ3) is 3.36. The van der Waals surface area contributed by atoms with Gasteiger partial charge in [-0.1, -0.05) is 6.07 Å². The summed E-state index contributed by atoms with van der Waals surface area (Å²) in [6.07, 6.45) is 1.81. The molecule has 0 radical (unpaired) electrons. The summed E-state index contributed by atoms with van der Waals surface area (Å²) in [7, 11) is 0. The van der Waals surface area contributed by atoms with Crippen molar-refractivity contribution < 1.29 is 9.47 Å². The van der Waals surface area contributed by atoms with E-state index in [-0.39, 0.29) is 6.04 Å². The van der Waals surface area contributed by atoms with Crippen molar-refractivity contribution in [2.45, 2.75) is 19.5 Å². The van der Waals surface area contributed by atoms with Crippen LogP contribution < -0.4 is 14.8 Å². The quantitative estimate of drug-likeness (QED) is 0.918. The van der Waals surface area contributed by atoms with Gasteiger partial charge in [0.05, 0.1) is 10.2 Å². The first kappa shape index (κ1) is 14.4. The molecule has 0 saturated heterocycles. The second kappa shape index (κ2) is 6.45. The topological polar surface area (TPSA) is 43.4 Å². The summed E-state index contributed by atoms with van der Waals surface area (Å²) in [5.74, 6) is 1.60. The van der Waals surface area contributed by atoms with Crippen molar-refractivity contribution in [1.82, 2.24) is 10.3 Å². The Kier molecular flexibility index (Phi) is 4.41. The Labute approximate surface area is 132 Å². The number of nitrogens with one attached hydrogen (secondary N) is 1. The Hall–Kier alpha value is -1.59. The molecule has 5 heteroatoms. The predicted octanol–water partition coefficient (Wildman–Crippen LogP) is 3.47. The van der Waals surface area contributed by atoms with E-state index in [4.69, 9.17) is 9.47 Å². The number of aromatic nitrogens is 1. The van der Waals surface area contributed by atoms with Gasteiger partial charge in [-0.05, 0) is 52.7 Å². The number of pyridine rings is 1. The maximum atomic E-state index is 5.64. The highest BCUT2D eigenvalue weighted by Gasteiger charge is 2.16. The van der Waals surface area contributed by atoms with E-state index in [0.29, 0.717) is 13.2 Å². The first-order valence-electron chi connectivity index (χ1n) is 6.96. The minimum absolute atomic E-state index is 0.193. The zero-order valence-electron chi connectivity index (χ0n) is 11.8. The highest BCUT2D eigenvalue weighted by atomic mass is 79.9. The summed E-state index contributed by atoms with van der Waals surface area (Å²) in [4.78, 5) is 4.36. The zero-order valence-corrected chi connectivity index (χ0v) is 13.4. The van der Waals surface area contributed by atoms with E-state index in [0.717, 1.165) is 33.8 Å². The first-order valence-corrected chi connectivity index (χ1v) is 7.75. The van der Waals surface area contributed by atoms with Crippen LogP contribution in [-0.2, 0) is 6.54 Å². The van der Waals surface area contributed by atoms with Gasteiger partial charge < -0.3 is 14.8 Å². The van der Waals surface area contributed by atoms with Gasteiger partial charge in [-0.15, -0.1) is 0 Å². The highest BCUT2D eigenvalue weighted by Crippen LogP contribution is 2.38. The molecule has 2 aromatic rings. The van der Waals surface area contributed by atoms with Crippen LogP contribution in [0.25, 0.3) is 0 Å². The summed E-state index contributed by atoms with van der Waals surface area (Å²) in [6, 6.07) is 10.2. The Balaban J connectivity index is 1.69. The molecule has 4 nitrogen and oxygen atoms in total. The van der Waals surface area contributed by atoms with Crippen molar-refractivity contribution in [3.8, 4) is 11.5 Å². The Morgan fingerprint density at radius 3 is 2.95 bits per heavy atom. The molecule has 0 amide bonds. The molecule has 1 atom stereocenters. The lowest BCUT2D eigenvalue weighted by molar-refractivity contribution is 0.170. The SMILES string of the molecule is C[C@H](NCc1cc(Br)c2c(c1)OCCO2)c1ccccn1. The zero-order chi connectivity index (χ0) is 14.7. The van der Waals surface area contributed by atoms with Crippen molar-refractivity contribution >= 4 is 15.9 Å². The van der Waals surface area contributed by atoms with Crippen LogP contribution >= 0.6 is 15.9 Å². The van der Waals surface area contributed by atoms with Crippen molar-refractivity contribution in [3.05, 3.63) is 52.3 Å². The molecular weight excluding hydrogens is 332 g/mol. The minimum Gasteiger partial charge on any atom is -0.486 e. The Bertz CT molecular complexity index is 619. The summed E-state index contributed by atoms with van der Waals surface area (Å²) in [5.41, 5.74) is 2.18. The normalized spacial score (nSPS) is 14.8. The molecule has 0 aliphatic carbocycles. The van der Waals surface area contributed by atoms with Crippen LogP contribution in [-0.4, -0.2) is 18.2 Å². The van der Waals surface area contributed by atoms with Gasteiger partial charge in [-0.3, -0.25) is 4.98 Å². The molecule has 1 aliphatic rings. The number of rotatable bonds is 4. The van der Waals surface area contributed by atoms with E-state index < -0.39 is 0 Å². The van der Waals surface area contributed by atoms with Gasteiger partial charge in [-0.2, -0.15) is 0 Å². The van der Waals surface area contributed by atoms with Crippen molar-refractivity contribution in [2.75, 3.05) is 13.2 Å². The Morgan fingerprint density at radius 1 is 1.29 bits per heavy atom. The van der Waals surface area contributed by atoms with Gasteiger partial charge in [0.2, 0.25) is 0 Å². The van der Waals surface area contributed by atoms with Crippen LogP contribution in [0.2, 0.25) is 0 Å². The first-order chi connectivity index (χ1) is 10.2. The summed E-state index contributed by atoms with van der Waals surface area (Å²) in [5, 5.41) is 3.47. The van der Waals surface area contributed by atoms with E-state index in [1.807, 2.05) is 30.5 Å². The summed E-state index contributed by atoms with van der Waals surface area (Å²) in [6.45, 7) is 4.04. The number of ether oxygens (including phenoxy) is 2. The lowest BCUT2D eigenvalue weighted by Crippen LogP contribution is -2.20. The van der Waals surface area contributed by atoms with E-state index in [2.05, 4.69) is 39.2 Å². The standard InChI is InChI=1S/C16H17BrN2O2/c1-11(14-4-2-3-5-18-14)19-10-12-8-13(17)16-15(9-12)20-6-7-21-16/h2-5,8-9,11,19H,6-7,10H2,1H3/t11-/m0/s1. The highest BCUT2D eigenvalue weighted by molar-refractivity contribution is 9.10. The Morgan fingerprint density at radius 2 is 2.14 bits per heavy atom. The number of nitrogens with zero attached hydrogens (tertiary/aromatic N) is 1. The molecule has 1 aliphatic heterocycles. The maximum Gasteiger partial charge on any atom is 0.175 e. The van der Waals surface area contributed by atoms with Crippen molar-refractivity contribution in [3.63, 3.8) is 0 Å². The fraction of sp³-hybridized carbons (Fsp3) is 0.312. The van der Waals surface area contributed by atoms with E-state index in [1.165, 1.54) is 0 Å². The molecule has 0 fully saturated rings. The van der Waals surface area contributed by atoms with Gasteiger partial charge in [0.15, 0.2) is 11.5 Å². The van der Waals surface area contributed by atoms with E-state index in [1.54, 1.807) is 0 Å². The van der Waals surface area contributed by atoms with E-state index in [9.17, 15) is 0 Å². The lowest BCUT2D eigenvalue weighted by atomic mass is 10.1. The van der Waals surface area contributed by atoms with Crippen LogP contribution in [0.1, 0.15) is 24.2 Å². The molecule has 1 aromatic heterocycles. The minimum atomic E-state index is 0.193. The average molecular weight is 349 g/mol. The predicted molar refractivity (Wildman–Crippen MR) is 84.6 cm³/mol. The fourth-order valence-electron chi connectivity index (χ4n) is 2.27. The molecule has 1 aromatic carbocycles. The molecule has 0 unspecified atom stereocenters. The molecule has 1 N–H and O–H groups in total. The number of benzene rings is 1. The molecule has 0 saturated carbocycles. The monoisotopic (exact) mass is 348 g/mol. The van der Waals surface area contributed by atoms with Crippen LogP contribution in [0.4, 0.5) is 0 Å². The van der Waals surface area contributed by atoms with Gasteiger partial charge in [0.1, 0.15) is 13.2 Å². The molecule has 110 valence electrons. The smallest absolute Gasteiger partial charge is 0.175 e. The van der Waals surface area contributed by atoms with Gasteiger partial charge >= 0.3 is 0 Å². The molecule has 0 bridgehead atoms. The largest absolute Gasteiger partial charge is 0.486 e. The van der Waals surface area contributed by atoms with Gasteiger partial charge in [0, 0.05) is 18.8 Å². The van der Waals surface area contributed by atoms with Gasteiger partial charge in [-0.25, -0.2) is 0 Å². The van der Waals surface area contributed by atoms with Gasteiger partial charge in [0.25, 0.3) is 0 Å². The van der Waals surface area contributed by atoms with Crippen LogP contribution in [0.15, 0.2) is 41.0 Å². The second-order valence-electron chi connectivity index (χ2n) is 4.96. The fourth-order valence-corrected chi connectivity index (χ4v) is 2.88. The third-order valence-electron chi connectivity index (χ3n) is 3.40. The van der Waals surface area contributed by atoms with Crippen molar-refractivity contribution in [1.29, 1.82) is 0 Å². The lowest BCUT2D eigenvalue weighted by Gasteiger charge is -2.21. The number of hydrogen-bond donors (Lipinski definition) is 1. The van der Waals surface area contributed by atoms with Crippen LogP contribution in [0.5, 0.6) is 11.5 Å². The molecule has 2 heterocycles. The second-order valence-corrected chi connectivity index (χ2v) is 5.81. The number of halogens is 1. The molecule has 3 rings (SSSR count). The molecule has 21 heavy (non-hydrogen) atoms. The molecule has 0 spiro atoms. The third-order valence-corrected chi connectivity index (χ3v) is 3.99. The number of fused-ring (bicyclic) bond motifs is 1. The van der Waals surface area contributed by atoms with E-state index >= 15 is 0 Å². The van der Waals surface area contributed by atoms with Crippen LogP contribution in [0.3, 0.4) is 0 Å². The maximum absolute atomic E-state index is 5.64. The average Bonchev–Trinajstić information content (AvgIpc) is 2.53. The van der Waals surface area contributed by atoms with Crippen LogP contribution in [0, 0.1) is 0 Å².